The Balaban J connectivity index is 0.000000444. The van der Waals surface area contributed by atoms with Crippen LogP contribution in [-0.4, -0.2) is 17.6 Å². The van der Waals surface area contributed by atoms with Crippen LogP contribution in [0.15, 0.2) is 60.7 Å². The molecule has 2 aromatic carbocycles. The van der Waals surface area contributed by atoms with Crippen LogP contribution in [0.2, 0.25) is 0 Å². The molecule has 0 aromatic heterocycles. The first-order valence-corrected chi connectivity index (χ1v) is 5.76. The number of hydrogen-bond acceptors (Lipinski definition) is 3. The fourth-order valence-electron chi connectivity index (χ4n) is 1.44. The van der Waals surface area contributed by atoms with Gasteiger partial charge in [-0.05, 0) is 0 Å². The topological polar surface area (TPSA) is 103 Å². The fourth-order valence-corrected chi connectivity index (χ4v) is 1.44. The number of primary amides is 2. The van der Waals surface area contributed by atoms with Crippen molar-refractivity contribution in [1.29, 1.82) is 0 Å². The number of nitrogens with two attached hydrogens (primary N) is 2. The number of Topliss-reactive ketones (excluding diaryl/α,β-unsaturated/α-hetero) is 2. The van der Waals surface area contributed by atoms with Gasteiger partial charge in [0, 0.05) is 11.1 Å². The Morgan fingerprint density at radius 1 is 0.600 bits per heavy atom. The van der Waals surface area contributed by atoms with Crippen molar-refractivity contribution >= 4 is 17.6 Å². The van der Waals surface area contributed by atoms with Gasteiger partial charge in [0.1, 0.15) is 0 Å². The van der Waals surface area contributed by atoms with Gasteiger partial charge in [-0.2, -0.15) is 0 Å². The van der Waals surface area contributed by atoms with Gasteiger partial charge in [-0.25, -0.2) is 4.79 Å². The van der Waals surface area contributed by atoms with Gasteiger partial charge in [-0.15, -0.1) is 0 Å². The summed E-state index contributed by atoms with van der Waals surface area (Å²) < 4.78 is 0. The molecule has 0 fully saturated rings. The summed E-state index contributed by atoms with van der Waals surface area (Å²) in [5.74, 6) is -0.932. The Bertz CT molecular complexity index is 542. The van der Waals surface area contributed by atoms with Crippen molar-refractivity contribution in [3.63, 3.8) is 0 Å². The average Bonchev–Trinajstić information content (AvgIpc) is 2.47. The van der Waals surface area contributed by atoms with E-state index in [1.54, 1.807) is 48.5 Å². The molecular weight excluding hydrogens is 256 g/mol. The fraction of sp³-hybridized carbons (Fsp3) is 0. The van der Waals surface area contributed by atoms with Gasteiger partial charge in [-0.1, -0.05) is 60.7 Å². The minimum atomic E-state index is -0.833. The molecule has 0 saturated carbocycles. The Hall–Kier alpha value is -2.95. The Morgan fingerprint density at radius 2 is 0.850 bits per heavy atom. The summed E-state index contributed by atoms with van der Waals surface area (Å²) in [5.41, 5.74) is 9.35. The van der Waals surface area contributed by atoms with E-state index in [0.29, 0.717) is 11.1 Å². The van der Waals surface area contributed by atoms with Crippen molar-refractivity contribution < 1.29 is 14.4 Å². The molecule has 0 saturated heterocycles. The molecule has 2 rings (SSSR count). The lowest BCUT2D eigenvalue weighted by atomic mass is 10.0. The second-order valence-corrected chi connectivity index (χ2v) is 3.79. The van der Waals surface area contributed by atoms with E-state index >= 15 is 0 Å². The highest BCUT2D eigenvalue weighted by Gasteiger charge is 2.16. The molecule has 2 aromatic rings. The third kappa shape index (κ3) is 4.73. The van der Waals surface area contributed by atoms with Crippen molar-refractivity contribution in [2.45, 2.75) is 0 Å². The van der Waals surface area contributed by atoms with Crippen molar-refractivity contribution in [3.05, 3.63) is 71.8 Å². The third-order valence-corrected chi connectivity index (χ3v) is 2.28. The molecule has 5 heteroatoms. The van der Waals surface area contributed by atoms with Crippen LogP contribution in [0.1, 0.15) is 20.7 Å². The summed E-state index contributed by atoms with van der Waals surface area (Å²) in [6, 6.07) is 16.3. The zero-order valence-corrected chi connectivity index (χ0v) is 10.7. The SMILES string of the molecule is NC(N)=O.O=C(C(=O)c1ccccc1)c1ccccc1. The van der Waals surface area contributed by atoms with Crippen LogP contribution in [0.5, 0.6) is 0 Å². The zero-order chi connectivity index (χ0) is 15.0. The second kappa shape index (κ2) is 7.48. The van der Waals surface area contributed by atoms with E-state index in [-0.39, 0.29) is 0 Å². The number of hydrogen-bond donors (Lipinski definition) is 2. The molecule has 0 unspecified atom stereocenters. The largest absolute Gasteiger partial charge is 0.352 e. The van der Waals surface area contributed by atoms with Crippen LogP contribution in [-0.2, 0) is 0 Å². The van der Waals surface area contributed by atoms with E-state index in [2.05, 4.69) is 11.5 Å². The highest BCUT2D eigenvalue weighted by atomic mass is 16.2. The molecule has 4 N–H and O–H groups in total. The summed E-state index contributed by atoms with van der Waals surface area (Å²) in [5, 5.41) is 0. The van der Waals surface area contributed by atoms with Crippen LogP contribution in [0.3, 0.4) is 0 Å². The molecule has 0 radical (unpaired) electrons. The van der Waals surface area contributed by atoms with Gasteiger partial charge in [-0.3, -0.25) is 9.59 Å². The molecule has 0 aliphatic heterocycles. The van der Waals surface area contributed by atoms with E-state index in [1.807, 2.05) is 12.1 Å². The van der Waals surface area contributed by atoms with Gasteiger partial charge in [0.2, 0.25) is 11.6 Å². The first kappa shape index (κ1) is 15.1. The number of benzene rings is 2. The smallest absolute Gasteiger partial charge is 0.309 e. The molecule has 0 aliphatic carbocycles. The molecule has 0 heterocycles. The number of amides is 2. The van der Waals surface area contributed by atoms with Crippen molar-refractivity contribution in [2.75, 3.05) is 0 Å². The zero-order valence-electron chi connectivity index (χ0n) is 10.7. The van der Waals surface area contributed by atoms with E-state index in [4.69, 9.17) is 4.79 Å². The number of carbonyl (C=O) groups excluding carboxylic acids is 3. The molecule has 0 aliphatic rings. The summed E-state index contributed by atoms with van der Waals surface area (Å²) in [6.45, 7) is 0. The maximum absolute atomic E-state index is 11.8. The quantitative estimate of drug-likeness (QED) is 0.656. The van der Waals surface area contributed by atoms with Gasteiger partial charge >= 0.3 is 6.03 Å². The van der Waals surface area contributed by atoms with E-state index < -0.39 is 17.6 Å². The Morgan fingerprint density at radius 3 is 1.10 bits per heavy atom. The van der Waals surface area contributed by atoms with Crippen molar-refractivity contribution in [3.8, 4) is 0 Å². The molecule has 102 valence electrons. The van der Waals surface area contributed by atoms with E-state index in [9.17, 15) is 9.59 Å². The monoisotopic (exact) mass is 270 g/mol. The van der Waals surface area contributed by atoms with E-state index in [1.165, 1.54) is 0 Å². The number of urea groups is 1. The maximum atomic E-state index is 11.8. The molecule has 0 spiro atoms. The lowest BCUT2D eigenvalue weighted by molar-refractivity contribution is 0.0817. The lowest BCUT2D eigenvalue weighted by Gasteiger charge is -1.99. The summed E-state index contributed by atoms with van der Waals surface area (Å²) >= 11 is 0. The Kier molecular flexibility index (Phi) is 5.65. The second-order valence-electron chi connectivity index (χ2n) is 3.79. The molecule has 2 amide bonds. The van der Waals surface area contributed by atoms with Crippen LogP contribution < -0.4 is 11.5 Å². The first-order chi connectivity index (χ1) is 9.52. The average molecular weight is 270 g/mol. The van der Waals surface area contributed by atoms with Gasteiger partial charge in [0.05, 0.1) is 0 Å². The van der Waals surface area contributed by atoms with Crippen LogP contribution in [0, 0.1) is 0 Å². The third-order valence-electron chi connectivity index (χ3n) is 2.28. The van der Waals surface area contributed by atoms with Crippen molar-refractivity contribution in [2.24, 2.45) is 11.5 Å². The van der Waals surface area contributed by atoms with Gasteiger partial charge in [0.25, 0.3) is 0 Å². The molecule has 0 bridgehead atoms. The summed E-state index contributed by atoms with van der Waals surface area (Å²) in [4.78, 5) is 32.6. The van der Waals surface area contributed by atoms with Gasteiger partial charge < -0.3 is 11.5 Å². The van der Waals surface area contributed by atoms with Crippen LogP contribution in [0.4, 0.5) is 4.79 Å². The first-order valence-electron chi connectivity index (χ1n) is 5.76. The molecule has 0 atom stereocenters. The van der Waals surface area contributed by atoms with Crippen LogP contribution >= 0.6 is 0 Å². The highest BCUT2D eigenvalue weighted by Crippen LogP contribution is 2.07. The number of ketones is 2. The molecule has 5 nitrogen and oxygen atoms in total. The number of rotatable bonds is 3. The maximum Gasteiger partial charge on any atom is 0.309 e. The summed E-state index contributed by atoms with van der Waals surface area (Å²) in [7, 11) is 0. The molecular formula is C15H14N2O3. The summed E-state index contributed by atoms with van der Waals surface area (Å²) in [6.07, 6.45) is 0. The predicted octanol–water partition coefficient (Wildman–Crippen LogP) is 1.78. The lowest BCUT2D eigenvalue weighted by Crippen LogP contribution is -2.18. The molecule has 20 heavy (non-hydrogen) atoms. The predicted molar refractivity (Wildman–Crippen MR) is 75.3 cm³/mol. The Labute approximate surface area is 116 Å². The standard InChI is InChI=1S/C14H10O2.CH4N2O/c15-13(11-7-3-1-4-8-11)14(16)12-9-5-2-6-10-12;2-1(3)4/h1-10H;(H4,2,3,4). The number of carbonyl (C=O) groups is 3. The minimum absolute atomic E-state index is 0.427. The highest BCUT2D eigenvalue weighted by molar-refractivity contribution is 6.49. The van der Waals surface area contributed by atoms with E-state index in [0.717, 1.165) is 0 Å². The van der Waals surface area contributed by atoms with Gasteiger partial charge in [0.15, 0.2) is 0 Å². The van der Waals surface area contributed by atoms with Crippen molar-refractivity contribution in [1.82, 2.24) is 0 Å². The normalized spacial score (nSPS) is 9.00. The minimum Gasteiger partial charge on any atom is -0.352 e. The van der Waals surface area contributed by atoms with Crippen LogP contribution in [0.25, 0.3) is 0 Å².